The van der Waals surface area contributed by atoms with Crippen LogP contribution in [0.15, 0.2) is 18.2 Å². The second-order valence-corrected chi connectivity index (χ2v) is 3.89. The third-order valence-electron chi connectivity index (χ3n) is 2.94. The van der Waals surface area contributed by atoms with Crippen molar-refractivity contribution < 1.29 is 14.8 Å². The van der Waals surface area contributed by atoms with Gasteiger partial charge in [0.05, 0.1) is 40.4 Å². The molecular formula is C12H19N2O2+. The van der Waals surface area contributed by atoms with Crippen LogP contribution in [0.4, 0.5) is 5.69 Å². The highest BCUT2D eigenvalue weighted by Crippen LogP contribution is 2.31. The number of hydrogen-bond acceptors (Lipinski definition) is 3. The van der Waals surface area contributed by atoms with Crippen molar-refractivity contribution in [2.24, 2.45) is 0 Å². The van der Waals surface area contributed by atoms with Gasteiger partial charge in [-0.2, -0.15) is 0 Å². The lowest BCUT2D eigenvalue weighted by Crippen LogP contribution is -2.89. The summed E-state index contributed by atoms with van der Waals surface area (Å²) in [4.78, 5) is 2.38. The van der Waals surface area contributed by atoms with Crippen LogP contribution in [0.2, 0.25) is 0 Å². The number of piperazine rings is 1. The molecule has 0 bridgehead atoms. The van der Waals surface area contributed by atoms with Crippen LogP contribution in [-0.4, -0.2) is 40.4 Å². The normalized spacial score (nSPS) is 16.0. The summed E-state index contributed by atoms with van der Waals surface area (Å²) in [5, 5.41) is 2.34. The lowest BCUT2D eigenvalue weighted by Gasteiger charge is -2.27. The molecule has 2 rings (SSSR count). The van der Waals surface area contributed by atoms with E-state index in [9.17, 15) is 0 Å². The molecule has 0 spiro atoms. The second-order valence-electron chi connectivity index (χ2n) is 3.89. The molecule has 1 saturated heterocycles. The number of methoxy groups -OCH3 is 2. The highest BCUT2D eigenvalue weighted by molar-refractivity contribution is 5.56. The van der Waals surface area contributed by atoms with Gasteiger partial charge in [-0.25, -0.2) is 0 Å². The van der Waals surface area contributed by atoms with Gasteiger partial charge in [0.2, 0.25) is 0 Å². The highest BCUT2D eigenvalue weighted by Gasteiger charge is 2.14. The highest BCUT2D eigenvalue weighted by atomic mass is 16.5. The number of anilines is 1. The lowest BCUT2D eigenvalue weighted by atomic mass is 10.2. The van der Waals surface area contributed by atoms with Gasteiger partial charge in [0.15, 0.2) is 11.5 Å². The number of ether oxygens (including phenoxy) is 2. The molecule has 16 heavy (non-hydrogen) atoms. The van der Waals surface area contributed by atoms with E-state index >= 15 is 0 Å². The van der Waals surface area contributed by atoms with Gasteiger partial charge in [-0.05, 0) is 12.1 Å². The molecular weight excluding hydrogens is 204 g/mol. The van der Waals surface area contributed by atoms with Crippen LogP contribution < -0.4 is 19.7 Å². The maximum Gasteiger partial charge on any atom is 0.162 e. The topological polar surface area (TPSA) is 38.3 Å². The molecule has 1 aliphatic rings. The quantitative estimate of drug-likeness (QED) is 0.789. The van der Waals surface area contributed by atoms with E-state index in [-0.39, 0.29) is 0 Å². The predicted molar refractivity (Wildman–Crippen MR) is 63.4 cm³/mol. The molecule has 0 saturated carbocycles. The van der Waals surface area contributed by atoms with E-state index in [2.05, 4.69) is 16.3 Å². The largest absolute Gasteiger partial charge is 0.493 e. The molecule has 88 valence electrons. The zero-order valence-corrected chi connectivity index (χ0v) is 9.90. The van der Waals surface area contributed by atoms with Crippen molar-refractivity contribution in [2.75, 3.05) is 45.3 Å². The van der Waals surface area contributed by atoms with Gasteiger partial charge in [0.1, 0.15) is 0 Å². The Balaban J connectivity index is 2.20. The Morgan fingerprint density at radius 2 is 1.75 bits per heavy atom. The summed E-state index contributed by atoms with van der Waals surface area (Å²) in [5.74, 6) is 1.59. The first-order valence-corrected chi connectivity index (χ1v) is 5.64. The zero-order chi connectivity index (χ0) is 11.4. The molecule has 0 aromatic heterocycles. The van der Waals surface area contributed by atoms with Gasteiger partial charge in [-0.15, -0.1) is 0 Å². The summed E-state index contributed by atoms with van der Waals surface area (Å²) in [6.45, 7) is 4.51. The third-order valence-corrected chi connectivity index (χ3v) is 2.94. The Hall–Kier alpha value is -1.42. The summed E-state index contributed by atoms with van der Waals surface area (Å²) in [6, 6.07) is 6.10. The summed E-state index contributed by atoms with van der Waals surface area (Å²) in [7, 11) is 3.33. The summed E-state index contributed by atoms with van der Waals surface area (Å²) < 4.78 is 10.5. The van der Waals surface area contributed by atoms with E-state index in [1.54, 1.807) is 14.2 Å². The van der Waals surface area contributed by atoms with Crippen LogP contribution in [0, 0.1) is 0 Å². The lowest BCUT2D eigenvalue weighted by molar-refractivity contribution is -0.655. The average molecular weight is 223 g/mol. The number of nitrogens with two attached hydrogens (primary N) is 1. The fraction of sp³-hybridized carbons (Fsp3) is 0.500. The summed E-state index contributed by atoms with van der Waals surface area (Å²) in [5.41, 5.74) is 1.21. The summed E-state index contributed by atoms with van der Waals surface area (Å²) >= 11 is 0. The Morgan fingerprint density at radius 1 is 1.06 bits per heavy atom. The second kappa shape index (κ2) is 5.07. The van der Waals surface area contributed by atoms with Gasteiger partial charge >= 0.3 is 0 Å². The molecule has 0 atom stereocenters. The first-order chi connectivity index (χ1) is 7.85. The molecule has 0 unspecified atom stereocenters. The standard InChI is InChI=1S/C12H18N2O2/c1-15-11-4-3-10(9-12(11)16-2)14-7-5-13-6-8-14/h3-4,9,13H,5-8H2,1-2H3/p+1. The van der Waals surface area contributed by atoms with Gasteiger partial charge in [0.25, 0.3) is 0 Å². The Morgan fingerprint density at radius 3 is 2.38 bits per heavy atom. The molecule has 4 heteroatoms. The fourth-order valence-electron chi connectivity index (χ4n) is 2.03. The molecule has 0 aliphatic carbocycles. The van der Waals surface area contributed by atoms with Crippen LogP contribution in [-0.2, 0) is 0 Å². The molecule has 4 nitrogen and oxygen atoms in total. The van der Waals surface area contributed by atoms with E-state index in [4.69, 9.17) is 9.47 Å². The molecule has 2 N–H and O–H groups in total. The van der Waals surface area contributed by atoms with E-state index in [1.807, 2.05) is 12.1 Å². The van der Waals surface area contributed by atoms with Crippen molar-refractivity contribution in [3.05, 3.63) is 18.2 Å². The van der Waals surface area contributed by atoms with E-state index < -0.39 is 0 Å². The number of quaternary nitrogens is 1. The van der Waals surface area contributed by atoms with Crippen molar-refractivity contribution in [2.45, 2.75) is 0 Å². The summed E-state index contributed by atoms with van der Waals surface area (Å²) in [6.07, 6.45) is 0. The fourth-order valence-corrected chi connectivity index (χ4v) is 2.03. The Bertz CT molecular complexity index is 349. The van der Waals surface area contributed by atoms with Crippen LogP contribution >= 0.6 is 0 Å². The molecule has 0 amide bonds. The van der Waals surface area contributed by atoms with Crippen molar-refractivity contribution >= 4 is 5.69 Å². The first kappa shape index (κ1) is 11.1. The maximum absolute atomic E-state index is 5.31. The molecule has 1 aromatic rings. The average Bonchev–Trinajstić information content (AvgIpc) is 2.39. The van der Waals surface area contributed by atoms with E-state index in [0.29, 0.717) is 0 Å². The van der Waals surface area contributed by atoms with Crippen molar-refractivity contribution in [3.8, 4) is 11.5 Å². The smallest absolute Gasteiger partial charge is 0.162 e. The van der Waals surface area contributed by atoms with Gasteiger partial charge in [-0.3, -0.25) is 0 Å². The zero-order valence-electron chi connectivity index (χ0n) is 9.90. The van der Waals surface area contributed by atoms with Gasteiger partial charge < -0.3 is 19.7 Å². The van der Waals surface area contributed by atoms with Crippen molar-refractivity contribution in [1.82, 2.24) is 0 Å². The van der Waals surface area contributed by atoms with Gasteiger partial charge in [-0.1, -0.05) is 0 Å². The van der Waals surface area contributed by atoms with Crippen LogP contribution in [0.25, 0.3) is 0 Å². The predicted octanol–water partition coefficient (Wildman–Crippen LogP) is 0.0872. The van der Waals surface area contributed by atoms with E-state index in [0.717, 1.165) is 37.7 Å². The number of rotatable bonds is 3. The SMILES string of the molecule is COc1ccc(N2CC[NH2+]CC2)cc1OC. The number of nitrogens with zero attached hydrogens (tertiary/aromatic N) is 1. The minimum atomic E-state index is 0.787. The number of benzene rings is 1. The molecule has 1 fully saturated rings. The molecule has 1 aromatic carbocycles. The Labute approximate surface area is 96.2 Å². The van der Waals surface area contributed by atoms with Crippen molar-refractivity contribution in [1.29, 1.82) is 0 Å². The van der Waals surface area contributed by atoms with Crippen LogP contribution in [0.5, 0.6) is 11.5 Å². The first-order valence-electron chi connectivity index (χ1n) is 5.64. The minimum absolute atomic E-state index is 0.787. The monoisotopic (exact) mass is 223 g/mol. The third kappa shape index (κ3) is 2.22. The Kier molecular flexibility index (Phi) is 3.51. The van der Waals surface area contributed by atoms with Gasteiger partial charge in [0, 0.05) is 11.8 Å². The van der Waals surface area contributed by atoms with Crippen LogP contribution in [0.3, 0.4) is 0 Å². The van der Waals surface area contributed by atoms with Crippen LogP contribution in [0.1, 0.15) is 0 Å². The van der Waals surface area contributed by atoms with Crippen molar-refractivity contribution in [3.63, 3.8) is 0 Å². The minimum Gasteiger partial charge on any atom is -0.493 e. The molecule has 0 radical (unpaired) electrons. The molecule has 1 heterocycles. The number of hydrogen-bond donors (Lipinski definition) is 1. The maximum atomic E-state index is 5.31. The van der Waals surface area contributed by atoms with E-state index in [1.165, 1.54) is 5.69 Å². The molecule has 1 aliphatic heterocycles.